The zero-order chi connectivity index (χ0) is 18.8. The first-order valence-corrected chi connectivity index (χ1v) is 24.2. The van der Waals surface area contributed by atoms with Gasteiger partial charge in [-0.2, -0.15) is 17.3 Å². The topological polar surface area (TPSA) is 0 Å². The van der Waals surface area contributed by atoms with Gasteiger partial charge in [-0.25, -0.2) is 12.1 Å². The van der Waals surface area contributed by atoms with E-state index in [-0.39, 0.29) is 17.1 Å². The molecule has 0 aliphatic carbocycles. The van der Waals surface area contributed by atoms with E-state index in [1.807, 2.05) is 0 Å². The van der Waals surface area contributed by atoms with E-state index in [0.29, 0.717) is 0 Å². The average Bonchev–Trinajstić information content (AvgIpc) is 3.11. The minimum Gasteiger partial charge on any atom is -0.748 e. The Labute approximate surface area is 171 Å². The van der Waals surface area contributed by atoms with Crippen LogP contribution in [0.25, 0.3) is 0 Å². The van der Waals surface area contributed by atoms with Crippen LogP contribution in [0.1, 0.15) is 0 Å². The molecule has 0 nitrogen and oxygen atoms in total. The van der Waals surface area contributed by atoms with Crippen LogP contribution in [0, 0.1) is 0 Å². The average molecular weight is 447 g/mol. The van der Waals surface area contributed by atoms with Crippen molar-refractivity contribution in [1.82, 2.24) is 0 Å². The number of hydrogen-bond donors (Lipinski definition) is 0. The van der Waals surface area contributed by atoms with Crippen molar-refractivity contribution in [3.63, 3.8) is 0 Å². The Morgan fingerprint density at radius 3 is 1.28 bits per heavy atom. The van der Waals surface area contributed by atoms with Crippen LogP contribution in [0.3, 0.4) is 0 Å². The molecule has 0 N–H and O–H groups in total. The molecule has 0 atom stereocenters. The van der Waals surface area contributed by atoms with E-state index in [1.54, 1.807) is 10.4 Å². The molecule has 25 heavy (non-hydrogen) atoms. The Kier molecular flexibility index (Phi) is 8.88. The molecular formula is C20H38FeSi4-6. The van der Waals surface area contributed by atoms with E-state index < -0.39 is 30.4 Å². The van der Waals surface area contributed by atoms with Crippen LogP contribution in [0.15, 0.2) is 48.5 Å². The van der Waals surface area contributed by atoms with E-state index in [9.17, 15) is 0 Å². The summed E-state index contributed by atoms with van der Waals surface area (Å²) in [6.45, 7) is 25.0. The first kappa shape index (κ1) is 25.1. The van der Waals surface area contributed by atoms with Gasteiger partial charge in [0.05, 0.1) is 0 Å². The molecule has 5 heteroatoms. The Bertz CT molecular complexity index is 541. The van der Waals surface area contributed by atoms with Gasteiger partial charge in [-0.3, -0.25) is 0 Å². The molecule has 0 amide bonds. The molecule has 0 saturated heterocycles. The molecule has 148 valence electrons. The van der Waals surface area contributed by atoms with Gasteiger partial charge in [0, 0.05) is 39.8 Å². The Balaban J connectivity index is 0.000000443. The number of rotatable bonds is 4. The van der Waals surface area contributed by atoms with Gasteiger partial charge in [0.1, 0.15) is 0 Å². The quantitative estimate of drug-likeness (QED) is 0.431. The maximum absolute atomic E-state index is 2.51. The zero-order valence-corrected chi connectivity index (χ0v) is 23.1. The SMILES string of the molecule is C[Si](C)(C)[Si](C)(C)[c-]1[cH-][cH-][cH-][cH-]1.C[Si](C)(C)[Si](C)(C)[c-]1cccc1.[Fe]. The van der Waals surface area contributed by atoms with Crippen LogP contribution in [0.5, 0.6) is 0 Å². The van der Waals surface area contributed by atoms with Crippen molar-refractivity contribution in [2.45, 2.75) is 65.5 Å². The Morgan fingerprint density at radius 2 is 0.960 bits per heavy atom. The van der Waals surface area contributed by atoms with Gasteiger partial charge in [0.15, 0.2) is 0 Å². The molecule has 2 aromatic carbocycles. The van der Waals surface area contributed by atoms with Crippen LogP contribution in [0.4, 0.5) is 0 Å². The molecule has 0 radical (unpaired) electrons. The van der Waals surface area contributed by atoms with Gasteiger partial charge in [0.2, 0.25) is 0 Å². The largest absolute Gasteiger partial charge is 0.748 e. The van der Waals surface area contributed by atoms with Gasteiger partial charge in [-0.15, -0.1) is 7.59 Å². The van der Waals surface area contributed by atoms with Gasteiger partial charge in [-0.1, -0.05) is 65.5 Å². The second-order valence-corrected chi connectivity index (χ2v) is 43.3. The Hall–Kier alpha value is 0.0870. The molecule has 0 heterocycles. The van der Waals surface area contributed by atoms with E-state index in [1.165, 1.54) is 0 Å². The van der Waals surface area contributed by atoms with E-state index >= 15 is 0 Å². The Morgan fingerprint density at radius 1 is 0.600 bits per heavy atom. The molecule has 2 aromatic rings. The standard InChI is InChI=1S/2C10H19Si2.Fe/c2*1-11(2,3)12(4,5)10-8-6-7-9-10;/h2*6-9H,1-5H3;/q-5;-1;. The van der Waals surface area contributed by atoms with Crippen molar-refractivity contribution in [2.24, 2.45) is 0 Å². The summed E-state index contributed by atoms with van der Waals surface area (Å²) in [7, 11) is -4.08. The third-order valence-corrected chi connectivity index (χ3v) is 41.8. The van der Waals surface area contributed by atoms with Crippen molar-refractivity contribution in [1.29, 1.82) is 0 Å². The first-order valence-electron chi connectivity index (χ1n) is 9.15. The molecule has 0 aliphatic rings. The second-order valence-electron chi connectivity index (χ2n) is 10.1. The normalized spacial score (nSPS) is 12.9. The van der Waals surface area contributed by atoms with Crippen molar-refractivity contribution < 1.29 is 17.1 Å². The molecule has 0 aliphatic heterocycles. The van der Waals surface area contributed by atoms with Gasteiger partial charge < -0.3 is 29.5 Å². The first-order chi connectivity index (χ1) is 10.7. The van der Waals surface area contributed by atoms with Gasteiger partial charge in [-0.05, 0) is 0 Å². The van der Waals surface area contributed by atoms with Crippen LogP contribution in [-0.2, 0) is 17.1 Å². The summed E-state index contributed by atoms with van der Waals surface area (Å²) < 4.78 is 0. The fraction of sp³-hybridized carbons (Fsp3) is 0.500. The molecule has 0 spiro atoms. The third-order valence-electron chi connectivity index (χ3n) is 6.52. The second kappa shape index (κ2) is 8.85. The van der Waals surface area contributed by atoms with Crippen molar-refractivity contribution >= 4 is 40.7 Å². The molecule has 0 unspecified atom stereocenters. The van der Waals surface area contributed by atoms with E-state index in [4.69, 9.17) is 0 Å². The van der Waals surface area contributed by atoms with Gasteiger partial charge >= 0.3 is 0 Å². The smallest absolute Gasteiger partial charge is 0.0302 e. The van der Waals surface area contributed by atoms with Crippen LogP contribution in [0.2, 0.25) is 65.5 Å². The van der Waals surface area contributed by atoms with Gasteiger partial charge in [0.25, 0.3) is 0 Å². The van der Waals surface area contributed by atoms with E-state index in [0.717, 1.165) is 0 Å². The van der Waals surface area contributed by atoms with Crippen molar-refractivity contribution in [2.75, 3.05) is 0 Å². The monoisotopic (exact) mass is 446 g/mol. The predicted octanol–water partition coefficient (Wildman–Crippen LogP) is 5.47. The zero-order valence-electron chi connectivity index (χ0n) is 18.0. The van der Waals surface area contributed by atoms with Crippen molar-refractivity contribution in [3.05, 3.63) is 48.5 Å². The minimum absolute atomic E-state index is 0. The third kappa shape index (κ3) is 6.05. The summed E-state index contributed by atoms with van der Waals surface area (Å²) in [5, 5.41) is 3.28. The van der Waals surface area contributed by atoms with Crippen LogP contribution in [-0.4, -0.2) is 30.4 Å². The molecule has 0 bridgehead atoms. The molecule has 0 saturated carbocycles. The van der Waals surface area contributed by atoms with E-state index in [2.05, 4.69) is 114 Å². The fourth-order valence-corrected chi connectivity index (χ4v) is 12.4. The minimum atomic E-state index is -1.09. The summed E-state index contributed by atoms with van der Waals surface area (Å²) in [5.74, 6) is 0. The fourth-order valence-electron chi connectivity index (χ4n) is 2.45. The predicted molar refractivity (Wildman–Crippen MR) is 125 cm³/mol. The van der Waals surface area contributed by atoms with Crippen LogP contribution < -0.4 is 10.4 Å². The molecule has 0 aromatic heterocycles. The maximum atomic E-state index is 2.51. The molecular weight excluding hydrogens is 408 g/mol. The van der Waals surface area contributed by atoms with Crippen LogP contribution >= 0.6 is 0 Å². The summed E-state index contributed by atoms with van der Waals surface area (Å²) in [6, 6.07) is 17.9. The maximum Gasteiger partial charge on any atom is 0.0302 e. The summed E-state index contributed by atoms with van der Waals surface area (Å²) >= 11 is 0. The summed E-state index contributed by atoms with van der Waals surface area (Å²) in [6.07, 6.45) is 0. The summed E-state index contributed by atoms with van der Waals surface area (Å²) in [4.78, 5) is 0. The summed E-state index contributed by atoms with van der Waals surface area (Å²) in [5.41, 5.74) is 0. The van der Waals surface area contributed by atoms with Crippen molar-refractivity contribution in [3.8, 4) is 0 Å². The number of hydrogen-bond acceptors (Lipinski definition) is 0. The molecule has 0 fully saturated rings. The molecule has 2 rings (SSSR count).